The second kappa shape index (κ2) is 15.2. The van der Waals surface area contributed by atoms with E-state index in [4.69, 9.17) is 9.47 Å². The number of benzene rings is 1. The first-order valence-corrected chi connectivity index (χ1v) is 11.3. The average Bonchev–Trinajstić information content (AvgIpc) is 2.86. The maximum absolute atomic E-state index is 9.55. The monoisotopic (exact) mass is 442 g/mol. The third-order valence-electron chi connectivity index (χ3n) is 4.42. The van der Waals surface area contributed by atoms with Crippen molar-refractivity contribution in [1.29, 1.82) is 0 Å². The number of aliphatic hydroxyl groups is 1. The van der Waals surface area contributed by atoms with E-state index >= 15 is 0 Å². The lowest BCUT2D eigenvalue weighted by atomic mass is 10.1. The molecule has 0 bridgehead atoms. The highest BCUT2D eigenvalue weighted by atomic mass is 16.5. The van der Waals surface area contributed by atoms with Gasteiger partial charge in [0.1, 0.15) is 0 Å². The maximum atomic E-state index is 9.55. The lowest BCUT2D eigenvalue weighted by molar-refractivity contribution is 0.0410. The fourth-order valence-electron chi connectivity index (χ4n) is 2.86. The molecule has 0 amide bonds. The number of rotatable bonds is 3. The van der Waals surface area contributed by atoms with Crippen molar-refractivity contribution in [1.82, 2.24) is 20.3 Å². The Morgan fingerprint density at radius 2 is 1.75 bits per heavy atom. The number of methoxy groups -OCH3 is 1. The van der Waals surface area contributed by atoms with Crippen molar-refractivity contribution in [2.45, 2.75) is 53.8 Å². The molecule has 2 aromatic heterocycles. The van der Waals surface area contributed by atoms with Crippen LogP contribution in [0.2, 0.25) is 0 Å². The first kappa shape index (κ1) is 27.4. The minimum absolute atomic E-state index is 0.425. The van der Waals surface area contributed by atoms with E-state index in [1.54, 1.807) is 26.4 Å². The van der Waals surface area contributed by atoms with E-state index < -0.39 is 6.10 Å². The first-order chi connectivity index (χ1) is 15.6. The Morgan fingerprint density at radius 1 is 1.09 bits per heavy atom. The van der Waals surface area contributed by atoms with Crippen LogP contribution in [0, 0.1) is 0 Å². The predicted molar refractivity (Wildman–Crippen MR) is 131 cm³/mol. The molecule has 3 heterocycles. The molecule has 1 aliphatic heterocycles. The zero-order valence-electron chi connectivity index (χ0n) is 20.4. The van der Waals surface area contributed by atoms with Crippen LogP contribution in [0.25, 0.3) is 22.3 Å². The van der Waals surface area contributed by atoms with Crippen LogP contribution in [-0.4, -0.2) is 53.0 Å². The molecule has 2 atom stereocenters. The van der Waals surface area contributed by atoms with E-state index in [0.717, 1.165) is 42.0 Å². The minimum atomic E-state index is -0.482. The zero-order valence-corrected chi connectivity index (χ0v) is 20.4. The van der Waals surface area contributed by atoms with Gasteiger partial charge in [-0.15, -0.1) is 0 Å². The van der Waals surface area contributed by atoms with Gasteiger partial charge in [0.05, 0.1) is 37.1 Å². The number of ether oxygens (including phenoxy) is 2. The quantitative estimate of drug-likeness (QED) is 0.602. The molecule has 1 unspecified atom stereocenters. The lowest BCUT2D eigenvalue weighted by Crippen LogP contribution is -2.36. The predicted octanol–water partition coefficient (Wildman–Crippen LogP) is 4.80. The molecule has 3 aromatic rings. The molecule has 4 rings (SSSR count). The summed E-state index contributed by atoms with van der Waals surface area (Å²) >= 11 is 0. The van der Waals surface area contributed by atoms with E-state index in [2.05, 4.69) is 27.2 Å². The van der Waals surface area contributed by atoms with Gasteiger partial charge in [-0.3, -0.25) is 4.98 Å². The molecule has 1 fully saturated rings. The van der Waals surface area contributed by atoms with Gasteiger partial charge in [-0.05, 0) is 25.5 Å². The molecule has 1 aliphatic rings. The highest BCUT2D eigenvalue weighted by Crippen LogP contribution is 2.27. The largest absolute Gasteiger partial charge is 0.479 e. The van der Waals surface area contributed by atoms with Crippen LogP contribution in [-0.2, 0) is 4.74 Å². The second-order valence-electron chi connectivity index (χ2n) is 6.62. The van der Waals surface area contributed by atoms with Crippen LogP contribution in [0.3, 0.4) is 0 Å². The lowest BCUT2D eigenvalue weighted by Gasteiger charge is -2.18. The Hall–Kier alpha value is -2.61. The molecule has 1 aromatic carbocycles. The molecule has 7 nitrogen and oxygen atoms in total. The number of morpholine rings is 1. The third-order valence-corrected chi connectivity index (χ3v) is 4.42. The Balaban J connectivity index is 0.000000390. The Labute approximate surface area is 192 Å². The van der Waals surface area contributed by atoms with Crippen molar-refractivity contribution < 1.29 is 14.6 Å². The number of fused-ring (bicyclic) bond motifs is 1. The molecular formula is C25H38N4O3. The highest BCUT2D eigenvalue weighted by molar-refractivity contribution is 5.83. The summed E-state index contributed by atoms with van der Waals surface area (Å²) in [7, 11) is 1.57. The molecule has 32 heavy (non-hydrogen) atoms. The normalized spacial score (nSPS) is 15.7. The smallest absolute Gasteiger partial charge is 0.242 e. The van der Waals surface area contributed by atoms with Crippen molar-refractivity contribution in [3.63, 3.8) is 0 Å². The molecular weight excluding hydrogens is 404 g/mol. The summed E-state index contributed by atoms with van der Waals surface area (Å²) in [4.78, 5) is 13.0. The van der Waals surface area contributed by atoms with Crippen LogP contribution in [0.5, 0.6) is 5.88 Å². The van der Waals surface area contributed by atoms with E-state index in [1.807, 2.05) is 58.0 Å². The Bertz CT molecular complexity index is 895. The fraction of sp³-hybridized carbons (Fsp3) is 0.480. The van der Waals surface area contributed by atoms with Gasteiger partial charge in [0.15, 0.2) is 5.52 Å². The Morgan fingerprint density at radius 3 is 2.25 bits per heavy atom. The number of aromatic nitrogens is 3. The summed E-state index contributed by atoms with van der Waals surface area (Å²) in [6.07, 6.45) is 3.20. The molecule has 1 saturated heterocycles. The number of aliphatic hydroxyl groups excluding tert-OH is 1. The second-order valence-corrected chi connectivity index (χ2v) is 6.62. The van der Waals surface area contributed by atoms with Crippen molar-refractivity contribution >= 4 is 11.0 Å². The number of hydrogen-bond acceptors (Lipinski definition) is 7. The SMILES string of the molecule is CC.CC.COc1nc(-c2ccc(C(C)O)cc2)cc2nccnc12.C[C@@H]1CNCCO1. The molecule has 0 aliphatic carbocycles. The minimum Gasteiger partial charge on any atom is -0.479 e. The zero-order chi connectivity index (χ0) is 23.9. The van der Waals surface area contributed by atoms with Gasteiger partial charge < -0.3 is 19.9 Å². The van der Waals surface area contributed by atoms with E-state index in [0.29, 0.717) is 17.5 Å². The number of hydrogen-bond donors (Lipinski definition) is 2. The first-order valence-electron chi connectivity index (χ1n) is 11.3. The van der Waals surface area contributed by atoms with Crippen LogP contribution < -0.4 is 10.1 Å². The topological polar surface area (TPSA) is 89.4 Å². The molecule has 0 radical (unpaired) electrons. The van der Waals surface area contributed by atoms with E-state index in [-0.39, 0.29) is 0 Å². The highest BCUT2D eigenvalue weighted by Gasteiger charge is 2.10. The van der Waals surface area contributed by atoms with Gasteiger partial charge in [0.25, 0.3) is 0 Å². The summed E-state index contributed by atoms with van der Waals surface area (Å²) in [5.41, 5.74) is 3.94. The Kier molecular flexibility index (Phi) is 13.1. The van der Waals surface area contributed by atoms with Gasteiger partial charge in [-0.1, -0.05) is 52.0 Å². The average molecular weight is 443 g/mol. The summed E-state index contributed by atoms with van der Waals surface area (Å²) in [5, 5.41) is 12.8. The summed E-state index contributed by atoms with van der Waals surface area (Å²) < 4.78 is 10.5. The van der Waals surface area contributed by atoms with Crippen LogP contribution in [0.1, 0.15) is 53.2 Å². The van der Waals surface area contributed by atoms with Crippen LogP contribution >= 0.6 is 0 Å². The summed E-state index contributed by atoms with van der Waals surface area (Å²) in [6, 6.07) is 9.49. The number of nitrogens with one attached hydrogen (secondary N) is 1. The van der Waals surface area contributed by atoms with Gasteiger partial charge in [0, 0.05) is 31.0 Å². The summed E-state index contributed by atoms with van der Waals surface area (Å²) in [6.45, 7) is 14.7. The van der Waals surface area contributed by atoms with Crippen molar-refractivity contribution in [2.75, 3.05) is 26.8 Å². The van der Waals surface area contributed by atoms with Gasteiger partial charge in [-0.25, -0.2) is 9.97 Å². The fourth-order valence-corrected chi connectivity index (χ4v) is 2.86. The molecule has 2 N–H and O–H groups in total. The number of pyridine rings is 1. The third kappa shape index (κ3) is 8.15. The molecule has 176 valence electrons. The molecule has 7 heteroatoms. The van der Waals surface area contributed by atoms with Gasteiger partial charge >= 0.3 is 0 Å². The van der Waals surface area contributed by atoms with E-state index in [1.165, 1.54) is 0 Å². The van der Waals surface area contributed by atoms with Crippen molar-refractivity contribution in [3.8, 4) is 17.1 Å². The standard InChI is InChI=1S/C16H15N3O2.C5H11NO.2C2H6/c1-10(20)11-3-5-12(6-4-11)13-9-14-15(16(19-13)21-2)18-8-7-17-14;1-5-4-6-2-3-7-5;2*1-2/h3-10,20H,1-2H3;5-6H,2-4H2,1H3;2*1-2H3/t;5-;;/m.1../s1. The van der Waals surface area contributed by atoms with Crippen molar-refractivity contribution in [3.05, 3.63) is 48.3 Å². The summed E-state index contributed by atoms with van der Waals surface area (Å²) in [5.74, 6) is 0.454. The van der Waals surface area contributed by atoms with Gasteiger partial charge in [0.2, 0.25) is 5.88 Å². The molecule has 0 spiro atoms. The van der Waals surface area contributed by atoms with Crippen LogP contribution in [0.15, 0.2) is 42.7 Å². The van der Waals surface area contributed by atoms with Crippen LogP contribution in [0.4, 0.5) is 0 Å². The number of nitrogens with zero attached hydrogens (tertiary/aromatic N) is 3. The van der Waals surface area contributed by atoms with Crippen molar-refractivity contribution in [2.24, 2.45) is 0 Å². The van der Waals surface area contributed by atoms with E-state index in [9.17, 15) is 5.11 Å². The van der Waals surface area contributed by atoms with Gasteiger partial charge in [-0.2, -0.15) is 0 Å². The molecule has 0 saturated carbocycles. The maximum Gasteiger partial charge on any atom is 0.242 e.